The molecule has 2 aromatic rings. The highest BCUT2D eigenvalue weighted by Gasteiger charge is 2.24. The molecule has 1 aliphatic rings. The van der Waals surface area contributed by atoms with Crippen molar-refractivity contribution in [1.29, 1.82) is 0 Å². The van der Waals surface area contributed by atoms with Gasteiger partial charge in [-0.2, -0.15) is 0 Å². The van der Waals surface area contributed by atoms with E-state index in [-0.39, 0.29) is 5.75 Å². The van der Waals surface area contributed by atoms with Gasteiger partial charge >= 0.3 is 5.97 Å². The van der Waals surface area contributed by atoms with Crippen molar-refractivity contribution in [3.8, 4) is 11.5 Å². The molecule has 0 aliphatic heterocycles. The Balaban J connectivity index is 1.63. The molecular weight excluding hydrogens is 419 g/mol. The molecule has 1 aliphatic carbocycles. The number of carbonyl (C=O) groups is 1. The minimum atomic E-state index is -1.75. The van der Waals surface area contributed by atoms with Crippen molar-refractivity contribution in [2.24, 2.45) is 11.8 Å². The summed E-state index contributed by atoms with van der Waals surface area (Å²) in [6.07, 6.45) is 6.57. The van der Waals surface area contributed by atoms with Crippen molar-refractivity contribution in [3.63, 3.8) is 0 Å². The summed E-state index contributed by atoms with van der Waals surface area (Å²) in [6.45, 7) is 2.48. The molecule has 31 heavy (non-hydrogen) atoms. The molecule has 168 valence electrons. The van der Waals surface area contributed by atoms with Gasteiger partial charge in [0.1, 0.15) is 28.7 Å². The number of halogens is 5. The maximum Gasteiger partial charge on any atom is 0.349 e. The Hall–Kier alpha value is -2.64. The fraction of sp³-hybridized carbons (Fsp3) is 0.435. The number of hydrogen-bond acceptors (Lipinski definition) is 3. The van der Waals surface area contributed by atoms with E-state index in [1.54, 1.807) is 0 Å². The summed E-state index contributed by atoms with van der Waals surface area (Å²) in [5.74, 6) is -8.72. The largest absolute Gasteiger partial charge is 0.493 e. The van der Waals surface area contributed by atoms with Gasteiger partial charge in [0.05, 0.1) is 6.61 Å². The van der Waals surface area contributed by atoms with Gasteiger partial charge in [-0.05, 0) is 24.7 Å². The first-order valence-corrected chi connectivity index (χ1v) is 10.3. The second kappa shape index (κ2) is 10.1. The molecule has 3 rings (SSSR count). The highest BCUT2D eigenvalue weighted by molar-refractivity contribution is 5.91. The van der Waals surface area contributed by atoms with Crippen molar-refractivity contribution in [1.82, 2.24) is 0 Å². The van der Waals surface area contributed by atoms with Crippen LogP contribution in [0.4, 0.5) is 22.0 Å². The Bertz CT molecular complexity index is 893. The predicted molar refractivity (Wildman–Crippen MR) is 103 cm³/mol. The van der Waals surface area contributed by atoms with Crippen LogP contribution in [0, 0.1) is 40.9 Å². The first-order valence-electron chi connectivity index (χ1n) is 10.3. The first-order chi connectivity index (χ1) is 14.8. The molecule has 0 spiro atoms. The zero-order valence-corrected chi connectivity index (χ0v) is 17.0. The third-order valence-corrected chi connectivity index (χ3v) is 5.54. The zero-order valence-electron chi connectivity index (χ0n) is 17.0. The maximum absolute atomic E-state index is 14.4. The van der Waals surface area contributed by atoms with Gasteiger partial charge < -0.3 is 9.47 Å². The van der Waals surface area contributed by atoms with Crippen molar-refractivity contribution in [3.05, 3.63) is 58.9 Å². The van der Waals surface area contributed by atoms with Gasteiger partial charge in [0.15, 0.2) is 17.5 Å². The Kier molecular flexibility index (Phi) is 7.51. The van der Waals surface area contributed by atoms with Gasteiger partial charge in [-0.25, -0.2) is 26.7 Å². The van der Waals surface area contributed by atoms with Crippen LogP contribution in [0.2, 0.25) is 0 Å². The fourth-order valence-electron chi connectivity index (χ4n) is 3.89. The van der Waals surface area contributed by atoms with E-state index < -0.39 is 46.4 Å². The molecule has 1 fully saturated rings. The smallest absolute Gasteiger partial charge is 0.349 e. The van der Waals surface area contributed by atoms with Crippen LogP contribution in [0.1, 0.15) is 55.8 Å². The van der Waals surface area contributed by atoms with Crippen LogP contribution in [0.3, 0.4) is 0 Å². The van der Waals surface area contributed by atoms with Gasteiger partial charge in [-0.1, -0.05) is 32.6 Å². The van der Waals surface area contributed by atoms with Crippen LogP contribution in [-0.2, 0) is 0 Å². The third-order valence-electron chi connectivity index (χ3n) is 5.54. The summed E-state index contributed by atoms with van der Waals surface area (Å²) in [5, 5.41) is 0. The van der Waals surface area contributed by atoms with Crippen molar-refractivity contribution in [2.75, 3.05) is 6.61 Å². The normalized spacial score (nSPS) is 18.6. The Labute approximate surface area is 177 Å². The monoisotopic (exact) mass is 442 g/mol. The SMILES string of the molecule is CCC[C@H]1CC[C@H](COc2cc(F)c(C(=O)Oc3cc(F)c(F)c(F)c3)c(F)c2)CC1. The molecule has 2 aromatic carbocycles. The van der Waals surface area contributed by atoms with Crippen LogP contribution in [0.25, 0.3) is 0 Å². The van der Waals surface area contributed by atoms with E-state index in [0.29, 0.717) is 24.7 Å². The van der Waals surface area contributed by atoms with E-state index in [9.17, 15) is 26.7 Å². The molecule has 0 radical (unpaired) electrons. The summed E-state index contributed by atoms with van der Waals surface area (Å²) in [5.41, 5.74) is -1.04. The second-order valence-corrected chi connectivity index (χ2v) is 7.84. The molecule has 1 saturated carbocycles. The zero-order chi connectivity index (χ0) is 22.5. The van der Waals surface area contributed by atoms with Crippen LogP contribution in [-0.4, -0.2) is 12.6 Å². The Morgan fingerprint density at radius 2 is 1.35 bits per heavy atom. The molecule has 8 heteroatoms. The van der Waals surface area contributed by atoms with Gasteiger partial charge in [0.25, 0.3) is 0 Å². The average molecular weight is 442 g/mol. The van der Waals surface area contributed by atoms with Crippen molar-refractivity contribution < 1.29 is 36.2 Å². The van der Waals surface area contributed by atoms with E-state index in [4.69, 9.17) is 4.74 Å². The van der Waals surface area contributed by atoms with E-state index in [2.05, 4.69) is 11.7 Å². The summed E-state index contributed by atoms with van der Waals surface area (Å²) in [6, 6.07) is 2.51. The Morgan fingerprint density at radius 3 is 1.90 bits per heavy atom. The average Bonchev–Trinajstić information content (AvgIpc) is 2.71. The van der Waals surface area contributed by atoms with Crippen molar-refractivity contribution in [2.45, 2.75) is 45.4 Å². The predicted octanol–water partition coefficient (Wildman–Crippen LogP) is 6.59. The molecule has 0 N–H and O–H groups in total. The lowest BCUT2D eigenvalue weighted by molar-refractivity contribution is 0.0723. The minimum Gasteiger partial charge on any atom is -0.493 e. The lowest BCUT2D eigenvalue weighted by Crippen LogP contribution is -2.20. The molecule has 0 bridgehead atoms. The fourth-order valence-corrected chi connectivity index (χ4v) is 3.89. The summed E-state index contributed by atoms with van der Waals surface area (Å²) in [7, 11) is 0. The number of benzene rings is 2. The molecule has 0 amide bonds. The van der Waals surface area contributed by atoms with Crippen LogP contribution < -0.4 is 9.47 Å². The molecular formula is C23H23F5O3. The quantitative estimate of drug-likeness (QED) is 0.210. The number of ether oxygens (including phenoxy) is 2. The van der Waals surface area contributed by atoms with Crippen LogP contribution in [0.15, 0.2) is 24.3 Å². The molecule has 0 heterocycles. The van der Waals surface area contributed by atoms with E-state index >= 15 is 0 Å². The van der Waals surface area contributed by atoms with Crippen LogP contribution >= 0.6 is 0 Å². The number of hydrogen-bond donors (Lipinski definition) is 0. The highest BCUT2D eigenvalue weighted by Crippen LogP contribution is 2.32. The number of carbonyl (C=O) groups excluding carboxylic acids is 1. The van der Waals surface area contributed by atoms with Crippen molar-refractivity contribution >= 4 is 5.97 Å². The lowest BCUT2D eigenvalue weighted by atomic mass is 9.80. The third kappa shape index (κ3) is 5.74. The highest BCUT2D eigenvalue weighted by atomic mass is 19.2. The molecule has 0 aromatic heterocycles. The van der Waals surface area contributed by atoms with Gasteiger partial charge in [-0.15, -0.1) is 0 Å². The maximum atomic E-state index is 14.4. The standard InChI is InChI=1S/C23H23F5O3/c1-2-3-13-4-6-14(7-5-13)12-30-15-8-17(24)21(18(25)9-15)23(29)31-16-10-19(26)22(28)20(27)11-16/h8-11,13-14H,2-7,12H2,1H3/t13-,14-. The first kappa shape index (κ1) is 23.0. The number of rotatable bonds is 7. The Morgan fingerprint density at radius 1 is 0.839 bits per heavy atom. The van der Waals surface area contributed by atoms with E-state index in [0.717, 1.165) is 50.2 Å². The number of esters is 1. The van der Waals surface area contributed by atoms with E-state index in [1.165, 1.54) is 6.42 Å². The summed E-state index contributed by atoms with van der Waals surface area (Å²) < 4.78 is 78.3. The van der Waals surface area contributed by atoms with E-state index in [1.807, 2.05) is 0 Å². The molecule has 3 nitrogen and oxygen atoms in total. The second-order valence-electron chi connectivity index (χ2n) is 7.84. The lowest BCUT2D eigenvalue weighted by Gasteiger charge is -2.28. The van der Waals surface area contributed by atoms with Gasteiger partial charge in [-0.3, -0.25) is 0 Å². The molecule has 0 saturated heterocycles. The summed E-state index contributed by atoms with van der Waals surface area (Å²) >= 11 is 0. The minimum absolute atomic E-state index is 0.0684. The van der Waals surface area contributed by atoms with Gasteiger partial charge in [0.2, 0.25) is 0 Å². The van der Waals surface area contributed by atoms with Gasteiger partial charge in [0, 0.05) is 24.3 Å². The van der Waals surface area contributed by atoms with Crippen LogP contribution in [0.5, 0.6) is 11.5 Å². The molecule has 0 atom stereocenters. The topological polar surface area (TPSA) is 35.5 Å². The molecule has 0 unspecified atom stereocenters. The summed E-state index contributed by atoms with van der Waals surface area (Å²) in [4.78, 5) is 12.1.